The van der Waals surface area contributed by atoms with Crippen LogP contribution in [0.4, 0.5) is 0 Å². The van der Waals surface area contributed by atoms with Crippen LogP contribution >= 0.6 is 12.4 Å². The SMILES string of the molecule is CCC(C)[C@@H](N)c1ccc(-c2ccccc2)cc1.Cl. The minimum absolute atomic E-state index is 0. The van der Waals surface area contributed by atoms with Crippen molar-refractivity contribution in [1.29, 1.82) is 0 Å². The summed E-state index contributed by atoms with van der Waals surface area (Å²) in [5, 5.41) is 0. The Morgan fingerprint density at radius 1 is 0.895 bits per heavy atom. The van der Waals surface area contributed by atoms with Gasteiger partial charge in [0, 0.05) is 6.04 Å². The van der Waals surface area contributed by atoms with Crippen LogP contribution in [0.3, 0.4) is 0 Å². The van der Waals surface area contributed by atoms with E-state index in [1.165, 1.54) is 16.7 Å². The fourth-order valence-electron chi connectivity index (χ4n) is 2.11. The molecule has 2 aromatic rings. The topological polar surface area (TPSA) is 26.0 Å². The molecule has 102 valence electrons. The average Bonchev–Trinajstić information content (AvgIpc) is 2.47. The Balaban J connectivity index is 0.00000180. The molecule has 2 N–H and O–H groups in total. The Kier molecular flexibility index (Phi) is 6.07. The van der Waals surface area contributed by atoms with Gasteiger partial charge in [-0.1, -0.05) is 74.9 Å². The van der Waals surface area contributed by atoms with Crippen molar-refractivity contribution >= 4 is 12.4 Å². The molecule has 0 spiro atoms. The minimum Gasteiger partial charge on any atom is -0.324 e. The second-order valence-electron chi connectivity index (χ2n) is 4.90. The first-order valence-electron chi connectivity index (χ1n) is 6.63. The molecular weight excluding hydrogens is 254 g/mol. The molecule has 0 saturated heterocycles. The number of hydrogen-bond donors (Lipinski definition) is 1. The van der Waals surface area contributed by atoms with Crippen molar-refractivity contribution in [3.8, 4) is 11.1 Å². The molecule has 0 radical (unpaired) electrons. The molecule has 1 nitrogen and oxygen atoms in total. The highest BCUT2D eigenvalue weighted by Crippen LogP contribution is 2.25. The average molecular weight is 276 g/mol. The molecule has 0 aromatic heterocycles. The molecule has 0 amide bonds. The molecule has 0 aliphatic heterocycles. The van der Waals surface area contributed by atoms with E-state index in [0.717, 1.165) is 6.42 Å². The first-order chi connectivity index (χ1) is 8.72. The quantitative estimate of drug-likeness (QED) is 0.850. The number of rotatable bonds is 4. The molecule has 2 aromatic carbocycles. The third-order valence-corrected chi connectivity index (χ3v) is 3.66. The normalized spacial score (nSPS) is 13.4. The molecule has 1 unspecified atom stereocenters. The summed E-state index contributed by atoms with van der Waals surface area (Å²) >= 11 is 0. The maximum atomic E-state index is 6.24. The van der Waals surface area contributed by atoms with Gasteiger partial charge in [-0.05, 0) is 22.6 Å². The molecule has 0 heterocycles. The van der Waals surface area contributed by atoms with Crippen LogP contribution in [0.5, 0.6) is 0 Å². The molecule has 0 saturated carbocycles. The molecule has 19 heavy (non-hydrogen) atoms. The van der Waals surface area contributed by atoms with Gasteiger partial charge in [-0.3, -0.25) is 0 Å². The van der Waals surface area contributed by atoms with Crippen LogP contribution in [-0.4, -0.2) is 0 Å². The van der Waals surface area contributed by atoms with Gasteiger partial charge in [0.05, 0.1) is 0 Å². The molecule has 0 bridgehead atoms. The fourth-order valence-corrected chi connectivity index (χ4v) is 2.11. The first-order valence-corrected chi connectivity index (χ1v) is 6.63. The van der Waals surface area contributed by atoms with Crippen molar-refractivity contribution in [2.45, 2.75) is 26.3 Å². The van der Waals surface area contributed by atoms with Gasteiger partial charge in [-0.25, -0.2) is 0 Å². The van der Waals surface area contributed by atoms with Crippen LogP contribution in [0, 0.1) is 5.92 Å². The molecule has 0 aliphatic rings. The smallest absolute Gasteiger partial charge is 0.0320 e. The van der Waals surface area contributed by atoms with Gasteiger partial charge in [0.2, 0.25) is 0 Å². The largest absolute Gasteiger partial charge is 0.324 e. The first kappa shape index (κ1) is 15.7. The summed E-state index contributed by atoms with van der Waals surface area (Å²) in [6, 6.07) is 19.2. The second-order valence-corrected chi connectivity index (χ2v) is 4.90. The Morgan fingerprint density at radius 3 is 1.95 bits per heavy atom. The monoisotopic (exact) mass is 275 g/mol. The molecule has 2 rings (SSSR count). The van der Waals surface area contributed by atoms with E-state index < -0.39 is 0 Å². The highest BCUT2D eigenvalue weighted by atomic mass is 35.5. The van der Waals surface area contributed by atoms with Crippen molar-refractivity contribution in [2.75, 3.05) is 0 Å². The lowest BCUT2D eigenvalue weighted by atomic mass is 9.92. The van der Waals surface area contributed by atoms with E-state index in [1.807, 2.05) is 6.07 Å². The van der Waals surface area contributed by atoms with E-state index in [-0.39, 0.29) is 18.4 Å². The van der Waals surface area contributed by atoms with E-state index in [1.54, 1.807) is 0 Å². The van der Waals surface area contributed by atoms with Crippen LogP contribution in [0.15, 0.2) is 54.6 Å². The summed E-state index contributed by atoms with van der Waals surface area (Å²) in [6.45, 7) is 4.39. The van der Waals surface area contributed by atoms with Crippen molar-refractivity contribution in [3.05, 3.63) is 60.2 Å². The predicted molar refractivity (Wildman–Crippen MR) is 85.5 cm³/mol. The van der Waals surface area contributed by atoms with Crippen molar-refractivity contribution in [1.82, 2.24) is 0 Å². The Hall–Kier alpha value is -1.31. The van der Waals surface area contributed by atoms with Gasteiger partial charge in [0.15, 0.2) is 0 Å². The Labute approximate surface area is 122 Å². The second kappa shape index (κ2) is 7.32. The number of nitrogens with two attached hydrogens (primary N) is 1. The van der Waals surface area contributed by atoms with E-state index in [0.29, 0.717) is 5.92 Å². The lowest BCUT2D eigenvalue weighted by Gasteiger charge is -2.18. The van der Waals surface area contributed by atoms with Crippen molar-refractivity contribution in [3.63, 3.8) is 0 Å². The molecule has 0 aliphatic carbocycles. The van der Waals surface area contributed by atoms with E-state index >= 15 is 0 Å². The van der Waals surface area contributed by atoms with Crippen molar-refractivity contribution in [2.24, 2.45) is 11.7 Å². The zero-order chi connectivity index (χ0) is 13.0. The summed E-state index contributed by atoms with van der Waals surface area (Å²) in [7, 11) is 0. The predicted octanol–water partition coefficient (Wildman–Crippen LogP) is 4.82. The zero-order valence-corrected chi connectivity index (χ0v) is 12.4. The summed E-state index contributed by atoms with van der Waals surface area (Å²) in [4.78, 5) is 0. The third-order valence-electron chi connectivity index (χ3n) is 3.66. The maximum Gasteiger partial charge on any atom is 0.0320 e. The number of halogens is 1. The van der Waals surface area contributed by atoms with Crippen LogP contribution in [-0.2, 0) is 0 Å². The molecule has 2 heteroatoms. The van der Waals surface area contributed by atoms with Gasteiger partial charge in [-0.2, -0.15) is 0 Å². The summed E-state index contributed by atoms with van der Waals surface area (Å²) < 4.78 is 0. The van der Waals surface area contributed by atoms with Crippen LogP contribution < -0.4 is 5.73 Å². The molecule has 0 fully saturated rings. The number of hydrogen-bond acceptors (Lipinski definition) is 1. The minimum atomic E-state index is 0. The van der Waals surface area contributed by atoms with Gasteiger partial charge in [-0.15, -0.1) is 12.4 Å². The zero-order valence-electron chi connectivity index (χ0n) is 11.5. The van der Waals surface area contributed by atoms with Crippen molar-refractivity contribution < 1.29 is 0 Å². The standard InChI is InChI=1S/C17H21N.ClH/c1-3-13(2)17(18)16-11-9-15(10-12-16)14-7-5-4-6-8-14;/h4-13,17H,3,18H2,1-2H3;1H/t13?,17-;/m1./s1. The summed E-state index contributed by atoms with van der Waals surface area (Å²) in [5.74, 6) is 0.521. The summed E-state index contributed by atoms with van der Waals surface area (Å²) in [6.07, 6.45) is 1.11. The Bertz CT molecular complexity index is 478. The van der Waals surface area contributed by atoms with Gasteiger partial charge >= 0.3 is 0 Å². The highest BCUT2D eigenvalue weighted by Gasteiger charge is 2.12. The third kappa shape index (κ3) is 3.82. The summed E-state index contributed by atoms with van der Waals surface area (Å²) in [5.41, 5.74) is 9.96. The van der Waals surface area contributed by atoms with Crippen LogP contribution in [0.25, 0.3) is 11.1 Å². The van der Waals surface area contributed by atoms with Crippen LogP contribution in [0.1, 0.15) is 31.9 Å². The van der Waals surface area contributed by atoms with E-state index in [2.05, 4.69) is 62.4 Å². The lowest BCUT2D eigenvalue weighted by Crippen LogP contribution is -2.18. The lowest BCUT2D eigenvalue weighted by molar-refractivity contribution is 0.457. The molecule has 2 atom stereocenters. The van der Waals surface area contributed by atoms with Crippen LogP contribution in [0.2, 0.25) is 0 Å². The highest BCUT2D eigenvalue weighted by molar-refractivity contribution is 5.85. The van der Waals surface area contributed by atoms with E-state index in [4.69, 9.17) is 5.73 Å². The van der Waals surface area contributed by atoms with Gasteiger partial charge < -0.3 is 5.73 Å². The Morgan fingerprint density at radius 2 is 1.42 bits per heavy atom. The maximum absolute atomic E-state index is 6.24. The fraction of sp³-hybridized carbons (Fsp3) is 0.294. The van der Waals surface area contributed by atoms with Gasteiger partial charge in [0.25, 0.3) is 0 Å². The van der Waals surface area contributed by atoms with E-state index in [9.17, 15) is 0 Å². The molecular formula is C17H22ClN. The number of benzene rings is 2. The van der Waals surface area contributed by atoms with Gasteiger partial charge in [0.1, 0.15) is 0 Å².